The van der Waals surface area contributed by atoms with Gasteiger partial charge in [-0.25, -0.2) is 9.97 Å². The zero-order valence-electron chi connectivity index (χ0n) is 10.3. The average Bonchev–Trinajstić information content (AvgIpc) is 3.13. The minimum Gasteiger partial charge on any atom is -0.383 e. The monoisotopic (exact) mass is 255 g/mol. The summed E-state index contributed by atoms with van der Waals surface area (Å²) in [6.45, 7) is 3.77. The molecule has 0 saturated heterocycles. The summed E-state index contributed by atoms with van der Waals surface area (Å²) in [5.41, 5.74) is 0. The van der Waals surface area contributed by atoms with E-state index in [2.05, 4.69) is 21.8 Å². The Morgan fingerprint density at radius 3 is 2.88 bits per heavy atom. The van der Waals surface area contributed by atoms with E-state index in [0.717, 1.165) is 18.3 Å². The van der Waals surface area contributed by atoms with Crippen molar-refractivity contribution in [2.24, 2.45) is 5.92 Å². The average molecular weight is 256 g/mol. The first-order valence-corrected chi connectivity index (χ1v) is 6.33. The Morgan fingerprint density at radius 2 is 2.29 bits per heavy atom. The fraction of sp³-hybridized carbons (Fsp3) is 0.667. The van der Waals surface area contributed by atoms with E-state index >= 15 is 0 Å². The van der Waals surface area contributed by atoms with Gasteiger partial charge in [-0.3, -0.25) is 0 Å². The molecule has 1 unspecified atom stereocenters. The predicted molar refractivity (Wildman–Crippen MR) is 68.5 cm³/mol. The number of aromatic nitrogens is 2. The highest BCUT2D eigenvalue weighted by atomic mass is 35.5. The molecule has 5 heteroatoms. The van der Waals surface area contributed by atoms with Crippen LogP contribution in [0.15, 0.2) is 12.4 Å². The Hall–Kier alpha value is -0.870. The van der Waals surface area contributed by atoms with Crippen LogP contribution in [0, 0.1) is 5.92 Å². The van der Waals surface area contributed by atoms with Crippen molar-refractivity contribution in [1.29, 1.82) is 0 Å². The molecule has 1 aliphatic rings. The maximum absolute atomic E-state index is 5.91. The number of rotatable bonds is 6. The molecule has 0 radical (unpaired) electrons. The summed E-state index contributed by atoms with van der Waals surface area (Å²) in [7, 11) is 1.72. The molecule has 1 aliphatic carbocycles. The fourth-order valence-electron chi connectivity index (χ4n) is 2.03. The maximum atomic E-state index is 5.91. The molecule has 0 aliphatic heterocycles. The van der Waals surface area contributed by atoms with Gasteiger partial charge in [0.2, 0.25) is 0 Å². The Balaban J connectivity index is 2.13. The van der Waals surface area contributed by atoms with Crippen LogP contribution >= 0.6 is 11.6 Å². The van der Waals surface area contributed by atoms with Gasteiger partial charge in [-0.05, 0) is 25.7 Å². The van der Waals surface area contributed by atoms with Crippen LogP contribution in [0.3, 0.4) is 0 Å². The highest BCUT2D eigenvalue weighted by molar-refractivity contribution is 6.29. The van der Waals surface area contributed by atoms with Crippen LogP contribution in [0.2, 0.25) is 5.15 Å². The van der Waals surface area contributed by atoms with Crippen molar-refractivity contribution in [2.45, 2.75) is 25.8 Å². The van der Waals surface area contributed by atoms with Crippen molar-refractivity contribution >= 4 is 17.4 Å². The summed E-state index contributed by atoms with van der Waals surface area (Å²) < 4.78 is 5.16. The highest BCUT2D eigenvalue weighted by Gasteiger charge is 2.32. The second-order valence-electron chi connectivity index (χ2n) is 4.46. The Morgan fingerprint density at radius 1 is 1.53 bits per heavy atom. The summed E-state index contributed by atoms with van der Waals surface area (Å²) in [4.78, 5) is 10.5. The number of ether oxygens (including phenoxy) is 1. The first-order chi connectivity index (χ1) is 8.22. The van der Waals surface area contributed by atoms with E-state index in [1.807, 2.05) is 6.07 Å². The number of anilines is 1. The van der Waals surface area contributed by atoms with Gasteiger partial charge in [0.15, 0.2) is 0 Å². The minimum atomic E-state index is 0.483. The number of nitrogens with zero attached hydrogens (tertiary/aromatic N) is 3. The van der Waals surface area contributed by atoms with Crippen LogP contribution in [-0.2, 0) is 4.74 Å². The van der Waals surface area contributed by atoms with Crippen LogP contribution in [0.4, 0.5) is 5.82 Å². The molecule has 1 aromatic rings. The summed E-state index contributed by atoms with van der Waals surface area (Å²) in [5, 5.41) is 0.486. The molecule has 1 atom stereocenters. The molecule has 1 saturated carbocycles. The van der Waals surface area contributed by atoms with Crippen molar-refractivity contribution in [3.63, 3.8) is 0 Å². The van der Waals surface area contributed by atoms with Crippen LogP contribution in [0.1, 0.15) is 19.8 Å². The quantitative estimate of drug-likeness (QED) is 0.732. The second-order valence-corrected chi connectivity index (χ2v) is 4.85. The molecule has 1 fully saturated rings. The van der Waals surface area contributed by atoms with E-state index in [9.17, 15) is 0 Å². The van der Waals surface area contributed by atoms with Crippen LogP contribution in [-0.4, -0.2) is 36.3 Å². The molecule has 4 nitrogen and oxygen atoms in total. The highest BCUT2D eigenvalue weighted by Crippen LogP contribution is 2.36. The lowest BCUT2D eigenvalue weighted by atomic mass is 10.2. The molecule has 0 N–H and O–H groups in total. The van der Waals surface area contributed by atoms with Crippen molar-refractivity contribution in [3.05, 3.63) is 17.5 Å². The molecule has 0 spiro atoms. The van der Waals surface area contributed by atoms with Gasteiger partial charge < -0.3 is 9.64 Å². The normalized spacial score (nSPS) is 16.9. The van der Waals surface area contributed by atoms with Crippen LogP contribution in [0.5, 0.6) is 0 Å². The van der Waals surface area contributed by atoms with E-state index in [1.165, 1.54) is 19.2 Å². The third-order valence-corrected chi connectivity index (χ3v) is 3.45. The predicted octanol–water partition coefficient (Wildman–Crippen LogP) is 2.38. The molecule has 0 amide bonds. The second kappa shape index (κ2) is 5.65. The number of hydrogen-bond acceptors (Lipinski definition) is 4. The van der Waals surface area contributed by atoms with E-state index in [4.69, 9.17) is 16.3 Å². The van der Waals surface area contributed by atoms with Gasteiger partial charge in [0.1, 0.15) is 17.3 Å². The van der Waals surface area contributed by atoms with E-state index in [-0.39, 0.29) is 0 Å². The first kappa shape index (κ1) is 12.6. The van der Waals surface area contributed by atoms with E-state index < -0.39 is 0 Å². The lowest BCUT2D eigenvalue weighted by molar-refractivity contribution is 0.202. The zero-order chi connectivity index (χ0) is 12.3. The number of methoxy groups -OCH3 is 1. The van der Waals surface area contributed by atoms with Crippen molar-refractivity contribution in [2.75, 3.05) is 25.2 Å². The van der Waals surface area contributed by atoms with Gasteiger partial charge in [-0.1, -0.05) is 11.6 Å². The summed E-state index contributed by atoms with van der Waals surface area (Å²) in [6, 6.07) is 2.30. The third kappa shape index (κ3) is 3.30. The lowest BCUT2D eigenvalue weighted by Crippen LogP contribution is -2.37. The fourth-order valence-corrected chi connectivity index (χ4v) is 2.17. The number of hydrogen-bond donors (Lipinski definition) is 0. The zero-order valence-corrected chi connectivity index (χ0v) is 11.0. The summed E-state index contributed by atoms with van der Waals surface area (Å²) >= 11 is 5.91. The molecule has 94 valence electrons. The lowest BCUT2D eigenvalue weighted by Gasteiger charge is -2.30. The molecule has 17 heavy (non-hydrogen) atoms. The molecule has 2 rings (SSSR count). The van der Waals surface area contributed by atoms with E-state index in [1.54, 1.807) is 7.11 Å². The largest absolute Gasteiger partial charge is 0.383 e. The SMILES string of the molecule is COCCN(c1cc(Cl)ncn1)C(C)C1CC1. The van der Waals surface area contributed by atoms with Gasteiger partial charge >= 0.3 is 0 Å². The van der Waals surface area contributed by atoms with Crippen molar-refractivity contribution < 1.29 is 4.74 Å². The first-order valence-electron chi connectivity index (χ1n) is 5.95. The van der Waals surface area contributed by atoms with Gasteiger partial charge in [-0.2, -0.15) is 0 Å². The molecule has 1 aromatic heterocycles. The van der Waals surface area contributed by atoms with Crippen LogP contribution in [0.25, 0.3) is 0 Å². The maximum Gasteiger partial charge on any atom is 0.134 e. The Kier molecular flexibility index (Phi) is 4.18. The van der Waals surface area contributed by atoms with Gasteiger partial charge in [0, 0.05) is 25.8 Å². The molecule has 0 aromatic carbocycles. The van der Waals surface area contributed by atoms with Crippen LogP contribution < -0.4 is 4.90 Å². The molecular weight excluding hydrogens is 238 g/mol. The van der Waals surface area contributed by atoms with E-state index in [0.29, 0.717) is 17.8 Å². The Labute approximate surface area is 107 Å². The van der Waals surface area contributed by atoms with Gasteiger partial charge in [-0.15, -0.1) is 0 Å². The number of halogens is 1. The topological polar surface area (TPSA) is 38.2 Å². The van der Waals surface area contributed by atoms with Crippen molar-refractivity contribution in [3.8, 4) is 0 Å². The molecule has 0 bridgehead atoms. The van der Waals surface area contributed by atoms with Gasteiger partial charge in [0.25, 0.3) is 0 Å². The Bertz CT molecular complexity index is 371. The van der Waals surface area contributed by atoms with Crippen molar-refractivity contribution in [1.82, 2.24) is 9.97 Å². The summed E-state index contributed by atoms with van der Waals surface area (Å²) in [5.74, 6) is 1.67. The standard InChI is InChI=1S/C12H18ClN3O/c1-9(10-3-4-10)16(5-6-17-2)12-7-11(13)14-8-15-12/h7-10H,3-6H2,1-2H3. The third-order valence-electron chi connectivity index (χ3n) is 3.25. The molecule has 1 heterocycles. The smallest absolute Gasteiger partial charge is 0.134 e. The summed E-state index contributed by atoms with van der Waals surface area (Å²) in [6.07, 6.45) is 4.13. The van der Waals surface area contributed by atoms with Gasteiger partial charge in [0.05, 0.1) is 6.61 Å². The minimum absolute atomic E-state index is 0.483. The molecular formula is C12H18ClN3O.